The summed E-state index contributed by atoms with van der Waals surface area (Å²) in [5.74, 6) is -0.508. The standard InChI is InChI=1S/C13H16FN3O/c1-3-16-13(18)9-17(2)8-11-5-4-10(7-15)6-12(11)14/h4-6H,3,8-9H2,1-2H3,(H,16,18). The number of benzene rings is 1. The minimum absolute atomic E-state index is 0.0888. The fourth-order valence-corrected chi connectivity index (χ4v) is 1.59. The van der Waals surface area contributed by atoms with E-state index in [-0.39, 0.29) is 12.5 Å². The average molecular weight is 249 g/mol. The van der Waals surface area contributed by atoms with Crippen molar-refractivity contribution in [2.24, 2.45) is 0 Å². The topological polar surface area (TPSA) is 56.1 Å². The minimum Gasteiger partial charge on any atom is -0.355 e. The van der Waals surface area contributed by atoms with Crippen LogP contribution in [0.2, 0.25) is 0 Å². The lowest BCUT2D eigenvalue weighted by Crippen LogP contribution is -2.34. The van der Waals surface area contributed by atoms with Gasteiger partial charge in [0.25, 0.3) is 0 Å². The van der Waals surface area contributed by atoms with Crippen LogP contribution >= 0.6 is 0 Å². The van der Waals surface area contributed by atoms with Crippen LogP contribution in [0.1, 0.15) is 18.1 Å². The smallest absolute Gasteiger partial charge is 0.234 e. The summed E-state index contributed by atoms with van der Waals surface area (Å²) in [6.07, 6.45) is 0. The van der Waals surface area contributed by atoms with Gasteiger partial charge in [0, 0.05) is 18.7 Å². The fourth-order valence-electron chi connectivity index (χ4n) is 1.59. The van der Waals surface area contributed by atoms with Gasteiger partial charge in [0.15, 0.2) is 0 Å². The number of nitrogens with zero attached hydrogens (tertiary/aromatic N) is 2. The lowest BCUT2D eigenvalue weighted by molar-refractivity contribution is -0.121. The minimum atomic E-state index is -0.420. The van der Waals surface area contributed by atoms with Gasteiger partial charge in [-0.1, -0.05) is 6.07 Å². The van der Waals surface area contributed by atoms with E-state index >= 15 is 0 Å². The van der Waals surface area contributed by atoms with E-state index in [1.807, 2.05) is 13.0 Å². The maximum atomic E-state index is 13.6. The molecule has 1 amide bonds. The molecule has 1 aromatic carbocycles. The van der Waals surface area contributed by atoms with E-state index in [2.05, 4.69) is 5.32 Å². The molecule has 0 saturated heterocycles. The maximum Gasteiger partial charge on any atom is 0.234 e. The highest BCUT2D eigenvalue weighted by Gasteiger charge is 2.09. The molecule has 5 heteroatoms. The van der Waals surface area contributed by atoms with E-state index < -0.39 is 5.82 Å². The first-order valence-electron chi connectivity index (χ1n) is 5.70. The second-order valence-electron chi connectivity index (χ2n) is 4.04. The van der Waals surface area contributed by atoms with Crippen molar-refractivity contribution in [3.8, 4) is 6.07 Å². The molecule has 0 aliphatic carbocycles. The highest BCUT2D eigenvalue weighted by atomic mass is 19.1. The molecule has 0 aliphatic heterocycles. The number of hydrogen-bond donors (Lipinski definition) is 1. The SMILES string of the molecule is CCNC(=O)CN(C)Cc1ccc(C#N)cc1F. The molecule has 96 valence electrons. The molecule has 0 saturated carbocycles. The number of likely N-dealkylation sites (N-methyl/N-ethyl adjacent to an activating group) is 2. The van der Waals surface area contributed by atoms with Crippen LogP contribution in [0, 0.1) is 17.1 Å². The quantitative estimate of drug-likeness (QED) is 0.854. The zero-order chi connectivity index (χ0) is 13.5. The predicted molar refractivity (Wildman–Crippen MR) is 66.1 cm³/mol. The van der Waals surface area contributed by atoms with Gasteiger partial charge in [0.1, 0.15) is 5.82 Å². The first-order valence-corrected chi connectivity index (χ1v) is 5.70. The lowest BCUT2D eigenvalue weighted by Gasteiger charge is -2.16. The Hall–Kier alpha value is -1.93. The van der Waals surface area contributed by atoms with E-state index in [4.69, 9.17) is 5.26 Å². The Bertz CT molecular complexity index is 468. The summed E-state index contributed by atoms with van der Waals surface area (Å²) in [7, 11) is 1.74. The number of hydrogen-bond acceptors (Lipinski definition) is 3. The molecule has 0 radical (unpaired) electrons. The summed E-state index contributed by atoms with van der Waals surface area (Å²) in [6.45, 7) is 2.97. The van der Waals surface area contributed by atoms with Crippen molar-refractivity contribution in [1.82, 2.24) is 10.2 Å². The van der Waals surface area contributed by atoms with Gasteiger partial charge >= 0.3 is 0 Å². The third kappa shape index (κ3) is 4.15. The summed E-state index contributed by atoms with van der Waals surface area (Å²) in [4.78, 5) is 13.1. The van der Waals surface area contributed by atoms with Crippen LogP contribution < -0.4 is 5.32 Å². The van der Waals surface area contributed by atoms with E-state index in [9.17, 15) is 9.18 Å². The Morgan fingerprint density at radius 1 is 1.56 bits per heavy atom. The van der Waals surface area contributed by atoms with Crippen LogP contribution in [0.3, 0.4) is 0 Å². The van der Waals surface area contributed by atoms with Crippen molar-refractivity contribution >= 4 is 5.91 Å². The molecular formula is C13H16FN3O. The Morgan fingerprint density at radius 2 is 2.28 bits per heavy atom. The second-order valence-corrected chi connectivity index (χ2v) is 4.04. The molecule has 1 rings (SSSR count). The van der Waals surface area contributed by atoms with Gasteiger partial charge in [0.2, 0.25) is 5.91 Å². The van der Waals surface area contributed by atoms with Gasteiger partial charge in [-0.3, -0.25) is 9.69 Å². The number of nitriles is 1. The van der Waals surface area contributed by atoms with Gasteiger partial charge < -0.3 is 5.32 Å². The predicted octanol–water partition coefficient (Wildman–Crippen LogP) is 1.27. The number of nitrogens with one attached hydrogen (secondary N) is 1. The number of carbonyl (C=O) groups excluding carboxylic acids is 1. The van der Waals surface area contributed by atoms with E-state index in [0.29, 0.717) is 24.2 Å². The third-order valence-electron chi connectivity index (χ3n) is 2.41. The zero-order valence-electron chi connectivity index (χ0n) is 10.5. The van der Waals surface area contributed by atoms with Crippen LogP contribution in [0.5, 0.6) is 0 Å². The molecule has 0 spiro atoms. The Morgan fingerprint density at radius 3 is 2.83 bits per heavy atom. The molecular weight excluding hydrogens is 233 g/mol. The molecule has 1 aromatic rings. The van der Waals surface area contributed by atoms with Crippen LogP contribution in [0.4, 0.5) is 4.39 Å². The van der Waals surface area contributed by atoms with E-state index in [1.54, 1.807) is 24.1 Å². The zero-order valence-corrected chi connectivity index (χ0v) is 10.5. The van der Waals surface area contributed by atoms with Crippen molar-refractivity contribution < 1.29 is 9.18 Å². The molecule has 0 aliphatic rings. The van der Waals surface area contributed by atoms with Gasteiger partial charge in [-0.2, -0.15) is 5.26 Å². The maximum absolute atomic E-state index is 13.6. The summed E-state index contributed by atoms with van der Waals surface area (Å²) in [6, 6.07) is 6.22. The normalized spacial score (nSPS) is 10.2. The van der Waals surface area contributed by atoms with Crippen LogP contribution in [-0.2, 0) is 11.3 Å². The highest BCUT2D eigenvalue weighted by Crippen LogP contribution is 2.11. The number of carbonyl (C=O) groups is 1. The first kappa shape index (κ1) is 14.1. The van der Waals surface area contributed by atoms with Crippen molar-refractivity contribution in [1.29, 1.82) is 5.26 Å². The fraction of sp³-hybridized carbons (Fsp3) is 0.385. The first-order chi connectivity index (χ1) is 8.56. The Kier molecular flexibility index (Phi) is 5.28. The number of rotatable bonds is 5. The third-order valence-corrected chi connectivity index (χ3v) is 2.41. The van der Waals surface area contributed by atoms with Crippen molar-refractivity contribution in [2.75, 3.05) is 20.1 Å². The van der Waals surface area contributed by atoms with Crippen molar-refractivity contribution in [3.63, 3.8) is 0 Å². The number of halogens is 1. The summed E-state index contributed by atoms with van der Waals surface area (Å²) >= 11 is 0. The largest absolute Gasteiger partial charge is 0.355 e. The molecule has 0 aromatic heterocycles. The van der Waals surface area contributed by atoms with Gasteiger partial charge in [-0.15, -0.1) is 0 Å². The highest BCUT2D eigenvalue weighted by molar-refractivity contribution is 5.77. The van der Waals surface area contributed by atoms with Gasteiger partial charge in [0.05, 0.1) is 18.2 Å². The van der Waals surface area contributed by atoms with Gasteiger partial charge in [-0.05, 0) is 26.1 Å². The lowest BCUT2D eigenvalue weighted by atomic mass is 10.1. The molecule has 0 unspecified atom stereocenters. The Balaban J connectivity index is 2.62. The average Bonchev–Trinajstić information content (AvgIpc) is 2.31. The number of amides is 1. The molecule has 0 bridgehead atoms. The van der Waals surface area contributed by atoms with E-state index in [0.717, 1.165) is 0 Å². The van der Waals surface area contributed by atoms with Crippen molar-refractivity contribution in [3.05, 3.63) is 35.1 Å². The molecule has 0 heterocycles. The van der Waals surface area contributed by atoms with Crippen LogP contribution in [0.25, 0.3) is 0 Å². The second kappa shape index (κ2) is 6.72. The van der Waals surface area contributed by atoms with Gasteiger partial charge in [-0.25, -0.2) is 4.39 Å². The molecule has 0 fully saturated rings. The van der Waals surface area contributed by atoms with Crippen LogP contribution in [0.15, 0.2) is 18.2 Å². The van der Waals surface area contributed by atoms with Crippen molar-refractivity contribution in [2.45, 2.75) is 13.5 Å². The monoisotopic (exact) mass is 249 g/mol. The van der Waals surface area contributed by atoms with E-state index in [1.165, 1.54) is 6.07 Å². The molecule has 0 atom stereocenters. The Labute approximate surface area is 106 Å². The molecule has 1 N–H and O–H groups in total. The summed E-state index contributed by atoms with van der Waals surface area (Å²) in [5.41, 5.74) is 0.767. The molecule has 18 heavy (non-hydrogen) atoms. The van der Waals surface area contributed by atoms with Crippen LogP contribution in [-0.4, -0.2) is 30.9 Å². The summed E-state index contributed by atoms with van der Waals surface area (Å²) in [5, 5.41) is 11.3. The molecule has 4 nitrogen and oxygen atoms in total. The summed E-state index contributed by atoms with van der Waals surface area (Å²) < 4.78 is 13.6.